The molecule has 1 heterocycles. The lowest BCUT2D eigenvalue weighted by Crippen LogP contribution is -2.29. The van der Waals surface area contributed by atoms with Crippen molar-refractivity contribution >= 4 is 5.69 Å². The fourth-order valence-corrected chi connectivity index (χ4v) is 2.61. The van der Waals surface area contributed by atoms with E-state index in [0.717, 1.165) is 30.7 Å². The number of hydrogen-bond donors (Lipinski definition) is 1. The topological polar surface area (TPSA) is 29.3 Å². The molecule has 1 unspecified atom stereocenters. The summed E-state index contributed by atoms with van der Waals surface area (Å²) in [4.78, 5) is 2.59. The van der Waals surface area contributed by atoms with E-state index in [2.05, 4.69) is 24.0 Å². The number of nitrogen functional groups attached to an aromatic ring is 1. The molecule has 80 valence electrons. The first-order chi connectivity index (χ1) is 7.24. The average Bonchev–Trinajstić information content (AvgIpc) is 2.97. The zero-order valence-corrected chi connectivity index (χ0v) is 9.24. The van der Waals surface area contributed by atoms with Crippen LogP contribution in [-0.4, -0.2) is 10.9 Å². The van der Waals surface area contributed by atoms with E-state index in [9.17, 15) is 0 Å². The van der Waals surface area contributed by atoms with Gasteiger partial charge in [0.1, 0.15) is 0 Å². The first kappa shape index (κ1) is 9.22. The van der Waals surface area contributed by atoms with Gasteiger partial charge in [0, 0.05) is 24.8 Å². The minimum atomic E-state index is 0.749. The van der Waals surface area contributed by atoms with Crippen molar-refractivity contribution < 1.29 is 0 Å². The van der Waals surface area contributed by atoms with Crippen LogP contribution in [0.5, 0.6) is 0 Å². The van der Waals surface area contributed by atoms with Crippen LogP contribution in [-0.2, 0) is 13.1 Å². The van der Waals surface area contributed by atoms with Crippen LogP contribution in [0.1, 0.15) is 30.9 Å². The summed E-state index contributed by atoms with van der Waals surface area (Å²) in [6.45, 7) is 4.58. The number of benzene rings is 1. The second-order valence-electron chi connectivity index (χ2n) is 5.01. The van der Waals surface area contributed by atoms with Crippen molar-refractivity contribution in [1.29, 1.82) is 0 Å². The van der Waals surface area contributed by atoms with Crippen molar-refractivity contribution in [3.05, 3.63) is 29.3 Å². The number of fused-ring (bicyclic) bond motifs is 1. The largest absolute Gasteiger partial charge is 0.399 e. The zero-order chi connectivity index (χ0) is 10.4. The molecule has 2 heteroatoms. The van der Waals surface area contributed by atoms with Gasteiger partial charge in [-0.05, 0) is 48.9 Å². The third kappa shape index (κ3) is 1.63. The molecule has 1 aliphatic carbocycles. The second-order valence-corrected chi connectivity index (χ2v) is 5.01. The maximum absolute atomic E-state index is 5.81. The zero-order valence-electron chi connectivity index (χ0n) is 9.24. The van der Waals surface area contributed by atoms with Crippen molar-refractivity contribution in [2.45, 2.75) is 38.9 Å². The van der Waals surface area contributed by atoms with E-state index in [4.69, 9.17) is 5.73 Å². The molecule has 1 aliphatic heterocycles. The van der Waals surface area contributed by atoms with Gasteiger partial charge >= 0.3 is 0 Å². The monoisotopic (exact) mass is 202 g/mol. The lowest BCUT2D eigenvalue weighted by atomic mass is 10.1. The normalized spacial score (nSPS) is 22.7. The Bertz CT molecular complexity index is 382. The van der Waals surface area contributed by atoms with E-state index in [1.807, 2.05) is 6.07 Å². The van der Waals surface area contributed by atoms with Crippen molar-refractivity contribution in [2.75, 3.05) is 5.73 Å². The van der Waals surface area contributed by atoms with Crippen molar-refractivity contribution in [3.8, 4) is 0 Å². The van der Waals surface area contributed by atoms with Crippen LogP contribution in [0.2, 0.25) is 0 Å². The molecule has 2 nitrogen and oxygen atoms in total. The lowest BCUT2D eigenvalue weighted by molar-refractivity contribution is 0.192. The highest BCUT2D eigenvalue weighted by atomic mass is 15.2. The van der Waals surface area contributed by atoms with Gasteiger partial charge in [-0.3, -0.25) is 4.90 Å². The summed E-state index contributed by atoms with van der Waals surface area (Å²) in [5.74, 6) is 0.955. The van der Waals surface area contributed by atoms with Crippen LogP contribution in [0, 0.1) is 5.92 Å². The summed E-state index contributed by atoms with van der Waals surface area (Å²) in [7, 11) is 0. The van der Waals surface area contributed by atoms with Crippen LogP contribution < -0.4 is 5.73 Å². The lowest BCUT2D eigenvalue weighted by Gasteiger charge is -2.23. The molecule has 0 aromatic heterocycles. The molecule has 0 spiro atoms. The Balaban J connectivity index is 1.79. The van der Waals surface area contributed by atoms with E-state index >= 15 is 0 Å². The average molecular weight is 202 g/mol. The highest BCUT2D eigenvalue weighted by Crippen LogP contribution is 2.38. The molecule has 1 aromatic rings. The summed E-state index contributed by atoms with van der Waals surface area (Å²) in [6, 6.07) is 7.09. The van der Waals surface area contributed by atoms with E-state index in [-0.39, 0.29) is 0 Å². The van der Waals surface area contributed by atoms with Gasteiger partial charge in [0.2, 0.25) is 0 Å². The third-order valence-electron chi connectivity index (χ3n) is 3.86. The molecule has 1 saturated carbocycles. The van der Waals surface area contributed by atoms with Crippen LogP contribution in [0.15, 0.2) is 18.2 Å². The minimum absolute atomic E-state index is 0.749. The second kappa shape index (κ2) is 3.24. The van der Waals surface area contributed by atoms with Crippen molar-refractivity contribution in [3.63, 3.8) is 0 Å². The summed E-state index contributed by atoms with van der Waals surface area (Å²) < 4.78 is 0. The molecule has 1 atom stereocenters. The van der Waals surface area contributed by atoms with Gasteiger partial charge in [-0.1, -0.05) is 6.07 Å². The van der Waals surface area contributed by atoms with Crippen molar-refractivity contribution in [2.24, 2.45) is 5.92 Å². The number of anilines is 1. The van der Waals surface area contributed by atoms with E-state index in [1.165, 1.54) is 24.0 Å². The maximum atomic E-state index is 5.81. The molecule has 2 aliphatic rings. The first-order valence-corrected chi connectivity index (χ1v) is 5.85. The standard InChI is InChI=1S/C13H18N2/c1-9(10-2-3-10)15-7-11-4-5-13(14)6-12(11)8-15/h4-6,9-10H,2-3,7-8,14H2,1H3. The minimum Gasteiger partial charge on any atom is -0.399 e. The molecule has 0 amide bonds. The highest BCUT2D eigenvalue weighted by molar-refractivity contribution is 5.46. The molecule has 0 radical (unpaired) electrons. The van der Waals surface area contributed by atoms with E-state index in [1.54, 1.807) is 0 Å². The Morgan fingerprint density at radius 1 is 1.27 bits per heavy atom. The summed E-state index contributed by atoms with van der Waals surface area (Å²) in [5.41, 5.74) is 9.61. The fourth-order valence-electron chi connectivity index (χ4n) is 2.61. The summed E-state index contributed by atoms with van der Waals surface area (Å²) >= 11 is 0. The van der Waals surface area contributed by atoms with E-state index < -0.39 is 0 Å². The molecule has 1 fully saturated rings. The Hall–Kier alpha value is -1.02. The molecule has 2 N–H and O–H groups in total. The molecule has 3 rings (SSSR count). The molecule has 0 saturated heterocycles. The summed E-state index contributed by atoms with van der Waals surface area (Å²) in [6.07, 6.45) is 2.85. The van der Waals surface area contributed by atoms with Crippen LogP contribution >= 0.6 is 0 Å². The fraction of sp³-hybridized carbons (Fsp3) is 0.538. The van der Waals surface area contributed by atoms with Gasteiger partial charge < -0.3 is 5.73 Å². The number of nitrogens with two attached hydrogens (primary N) is 1. The molecular formula is C13H18N2. The quantitative estimate of drug-likeness (QED) is 0.746. The van der Waals surface area contributed by atoms with Gasteiger partial charge in [-0.25, -0.2) is 0 Å². The van der Waals surface area contributed by atoms with Gasteiger partial charge in [0.15, 0.2) is 0 Å². The number of nitrogens with zero attached hydrogens (tertiary/aromatic N) is 1. The Kier molecular flexibility index (Phi) is 1.99. The van der Waals surface area contributed by atoms with Crippen LogP contribution in [0.25, 0.3) is 0 Å². The number of rotatable bonds is 2. The van der Waals surface area contributed by atoms with Gasteiger partial charge in [0.05, 0.1) is 0 Å². The number of hydrogen-bond acceptors (Lipinski definition) is 2. The smallest absolute Gasteiger partial charge is 0.0317 e. The highest BCUT2D eigenvalue weighted by Gasteiger charge is 2.34. The van der Waals surface area contributed by atoms with Gasteiger partial charge in [-0.2, -0.15) is 0 Å². The Labute approximate surface area is 91.1 Å². The SMILES string of the molecule is CC(C1CC1)N1Cc2ccc(N)cc2C1. The Morgan fingerprint density at radius 2 is 2.00 bits per heavy atom. The Morgan fingerprint density at radius 3 is 2.73 bits per heavy atom. The van der Waals surface area contributed by atoms with Crippen LogP contribution in [0.3, 0.4) is 0 Å². The molecule has 1 aromatic carbocycles. The predicted molar refractivity (Wildman–Crippen MR) is 62.3 cm³/mol. The molecular weight excluding hydrogens is 184 g/mol. The molecule has 15 heavy (non-hydrogen) atoms. The summed E-state index contributed by atoms with van der Waals surface area (Å²) in [5, 5.41) is 0. The van der Waals surface area contributed by atoms with Crippen molar-refractivity contribution in [1.82, 2.24) is 4.90 Å². The molecule has 0 bridgehead atoms. The van der Waals surface area contributed by atoms with Crippen LogP contribution in [0.4, 0.5) is 5.69 Å². The predicted octanol–water partition coefficient (Wildman–Crippen LogP) is 2.38. The maximum Gasteiger partial charge on any atom is 0.0317 e. The van der Waals surface area contributed by atoms with Gasteiger partial charge in [-0.15, -0.1) is 0 Å². The van der Waals surface area contributed by atoms with Gasteiger partial charge in [0.25, 0.3) is 0 Å². The third-order valence-corrected chi connectivity index (χ3v) is 3.86. The van der Waals surface area contributed by atoms with E-state index in [0.29, 0.717) is 0 Å². The first-order valence-electron chi connectivity index (χ1n) is 5.85.